The van der Waals surface area contributed by atoms with E-state index in [1.165, 1.54) is 5.39 Å². The number of fused-ring (bicyclic) bond motifs is 1. The zero-order chi connectivity index (χ0) is 21.2. The normalized spacial score (nSPS) is 14.8. The molecule has 0 bridgehead atoms. The van der Waals surface area contributed by atoms with Crippen molar-refractivity contribution in [2.24, 2.45) is 0 Å². The highest BCUT2D eigenvalue weighted by Gasteiger charge is 2.23. The monoisotopic (exact) mass is 432 g/mol. The molecular formula is C24H21ClN4O2. The van der Waals surface area contributed by atoms with E-state index < -0.39 is 0 Å². The van der Waals surface area contributed by atoms with Gasteiger partial charge in [-0.3, -0.25) is 9.69 Å². The number of hydrogen-bond acceptors (Lipinski definition) is 5. The van der Waals surface area contributed by atoms with Gasteiger partial charge in [0, 0.05) is 42.3 Å². The number of aromatic nitrogens is 2. The van der Waals surface area contributed by atoms with E-state index in [1.807, 2.05) is 23.1 Å². The number of amides is 1. The van der Waals surface area contributed by atoms with E-state index in [0.717, 1.165) is 24.0 Å². The topological polar surface area (TPSA) is 62.5 Å². The Kier molecular flexibility index (Phi) is 5.40. The first-order valence-electron chi connectivity index (χ1n) is 10.2. The molecule has 31 heavy (non-hydrogen) atoms. The Bertz CT molecular complexity index is 1210. The molecule has 5 rings (SSSR count). The lowest BCUT2D eigenvalue weighted by molar-refractivity contribution is 0.0624. The SMILES string of the molecule is O=C(c1ccc(Cl)cc1)N1CCN(Cc2noc(-c3ccc4ccccc4c3)n2)CC1. The Morgan fingerprint density at radius 2 is 1.68 bits per heavy atom. The predicted molar refractivity (Wildman–Crippen MR) is 120 cm³/mol. The highest BCUT2D eigenvalue weighted by Crippen LogP contribution is 2.23. The fourth-order valence-electron chi connectivity index (χ4n) is 3.84. The Hall–Kier alpha value is -3.22. The highest BCUT2D eigenvalue weighted by molar-refractivity contribution is 6.30. The third-order valence-corrected chi connectivity index (χ3v) is 5.83. The number of halogens is 1. The van der Waals surface area contributed by atoms with Crippen molar-refractivity contribution in [3.05, 3.63) is 83.1 Å². The van der Waals surface area contributed by atoms with Crippen LogP contribution in [0.15, 0.2) is 71.3 Å². The smallest absolute Gasteiger partial charge is 0.257 e. The van der Waals surface area contributed by atoms with Gasteiger partial charge in [-0.15, -0.1) is 0 Å². The van der Waals surface area contributed by atoms with Gasteiger partial charge in [0.1, 0.15) is 0 Å². The summed E-state index contributed by atoms with van der Waals surface area (Å²) in [6.07, 6.45) is 0. The summed E-state index contributed by atoms with van der Waals surface area (Å²) in [6, 6.07) is 21.3. The van der Waals surface area contributed by atoms with Gasteiger partial charge in [0.15, 0.2) is 5.82 Å². The molecule has 0 radical (unpaired) electrons. The highest BCUT2D eigenvalue weighted by atomic mass is 35.5. The molecule has 2 heterocycles. The lowest BCUT2D eigenvalue weighted by Gasteiger charge is -2.34. The van der Waals surface area contributed by atoms with Crippen LogP contribution in [0.4, 0.5) is 0 Å². The predicted octanol–water partition coefficient (Wildman–Crippen LogP) is 4.50. The standard InChI is InChI=1S/C24H21ClN4O2/c25-21-9-7-18(8-10-21)24(30)29-13-11-28(12-14-29)16-22-26-23(31-27-22)20-6-5-17-3-1-2-4-19(17)15-20/h1-10,15H,11-14,16H2. The van der Waals surface area contributed by atoms with E-state index in [2.05, 4.69) is 39.3 Å². The van der Waals surface area contributed by atoms with Crippen LogP contribution in [0.5, 0.6) is 0 Å². The number of carbonyl (C=O) groups excluding carboxylic acids is 1. The van der Waals surface area contributed by atoms with Crippen LogP contribution in [0.3, 0.4) is 0 Å². The fraction of sp³-hybridized carbons (Fsp3) is 0.208. The molecular weight excluding hydrogens is 412 g/mol. The number of carbonyl (C=O) groups is 1. The number of nitrogens with zero attached hydrogens (tertiary/aromatic N) is 4. The molecule has 7 heteroatoms. The molecule has 0 unspecified atom stereocenters. The molecule has 0 saturated carbocycles. The lowest BCUT2D eigenvalue weighted by atomic mass is 10.1. The minimum atomic E-state index is 0.0365. The summed E-state index contributed by atoms with van der Waals surface area (Å²) in [6.45, 7) is 3.45. The molecule has 1 aliphatic heterocycles. The van der Waals surface area contributed by atoms with Crippen LogP contribution < -0.4 is 0 Å². The number of benzene rings is 3. The van der Waals surface area contributed by atoms with Crippen LogP contribution in [0.2, 0.25) is 5.02 Å². The maximum absolute atomic E-state index is 12.7. The van der Waals surface area contributed by atoms with Crippen LogP contribution in [-0.2, 0) is 6.54 Å². The second-order valence-electron chi connectivity index (χ2n) is 7.65. The fourth-order valence-corrected chi connectivity index (χ4v) is 3.97. The zero-order valence-corrected chi connectivity index (χ0v) is 17.6. The van der Waals surface area contributed by atoms with E-state index in [4.69, 9.17) is 16.1 Å². The summed E-state index contributed by atoms with van der Waals surface area (Å²) in [4.78, 5) is 21.3. The van der Waals surface area contributed by atoms with E-state index in [9.17, 15) is 4.79 Å². The van der Waals surface area contributed by atoms with Crippen LogP contribution in [0.25, 0.3) is 22.2 Å². The van der Waals surface area contributed by atoms with Crippen molar-refractivity contribution in [2.75, 3.05) is 26.2 Å². The van der Waals surface area contributed by atoms with E-state index in [0.29, 0.717) is 41.9 Å². The van der Waals surface area contributed by atoms with Gasteiger partial charge in [0.25, 0.3) is 11.8 Å². The van der Waals surface area contributed by atoms with E-state index in [1.54, 1.807) is 24.3 Å². The maximum Gasteiger partial charge on any atom is 0.257 e. The lowest BCUT2D eigenvalue weighted by Crippen LogP contribution is -2.48. The molecule has 1 fully saturated rings. The van der Waals surface area contributed by atoms with Crippen molar-refractivity contribution >= 4 is 28.3 Å². The van der Waals surface area contributed by atoms with Gasteiger partial charge in [0.2, 0.25) is 0 Å². The average Bonchev–Trinajstić information content (AvgIpc) is 3.28. The second-order valence-corrected chi connectivity index (χ2v) is 8.09. The largest absolute Gasteiger partial charge is 0.336 e. The number of rotatable bonds is 4. The molecule has 4 aromatic rings. The Morgan fingerprint density at radius 1 is 0.935 bits per heavy atom. The maximum atomic E-state index is 12.7. The van der Waals surface area contributed by atoms with Gasteiger partial charge in [-0.25, -0.2) is 0 Å². The van der Waals surface area contributed by atoms with E-state index >= 15 is 0 Å². The number of hydrogen-bond donors (Lipinski definition) is 0. The summed E-state index contributed by atoms with van der Waals surface area (Å²) in [5.74, 6) is 1.22. The summed E-state index contributed by atoms with van der Waals surface area (Å²) >= 11 is 5.91. The van der Waals surface area contributed by atoms with Gasteiger partial charge in [-0.05, 0) is 47.2 Å². The van der Waals surface area contributed by atoms with Crippen LogP contribution >= 0.6 is 11.6 Å². The minimum Gasteiger partial charge on any atom is -0.336 e. The Labute approximate surface area is 185 Å². The second kappa shape index (κ2) is 8.49. The quantitative estimate of drug-likeness (QED) is 0.475. The summed E-state index contributed by atoms with van der Waals surface area (Å²) < 4.78 is 5.50. The molecule has 6 nitrogen and oxygen atoms in total. The first-order valence-corrected chi connectivity index (χ1v) is 10.6. The molecule has 1 amide bonds. The molecule has 3 aromatic carbocycles. The van der Waals surface area contributed by atoms with Gasteiger partial charge < -0.3 is 9.42 Å². The first-order chi connectivity index (χ1) is 15.2. The van der Waals surface area contributed by atoms with Crippen molar-refractivity contribution in [1.29, 1.82) is 0 Å². The molecule has 0 N–H and O–H groups in total. The molecule has 1 aromatic heterocycles. The minimum absolute atomic E-state index is 0.0365. The molecule has 0 aliphatic carbocycles. The van der Waals surface area contributed by atoms with Crippen molar-refractivity contribution in [3.63, 3.8) is 0 Å². The van der Waals surface area contributed by atoms with Crippen LogP contribution in [-0.4, -0.2) is 52.0 Å². The summed E-state index contributed by atoms with van der Waals surface area (Å²) in [7, 11) is 0. The zero-order valence-electron chi connectivity index (χ0n) is 16.9. The van der Waals surface area contributed by atoms with Crippen molar-refractivity contribution < 1.29 is 9.32 Å². The summed E-state index contributed by atoms with van der Waals surface area (Å²) in [5.41, 5.74) is 1.58. The van der Waals surface area contributed by atoms with Crippen LogP contribution in [0.1, 0.15) is 16.2 Å². The molecule has 0 spiro atoms. The van der Waals surface area contributed by atoms with Crippen molar-refractivity contribution in [2.45, 2.75) is 6.54 Å². The van der Waals surface area contributed by atoms with E-state index in [-0.39, 0.29) is 5.91 Å². The Morgan fingerprint density at radius 3 is 2.45 bits per heavy atom. The Balaban J connectivity index is 1.20. The van der Waals surface area contributed by atoms with Crippen molar-refractivity contribution in [1.82, 2.24) is 19.9 Å². The number of piperazine rings is 1. The molecule has 1 aliphatic rings. The van der Waals surface area contributed by atoms with Gasteiger partial charge >= 0.3 is 0 Å². The molecule has 1 saturated heterocycles. The third-order valence-electron chi connectivity index (χ3n) is 5.58. The van der Waals surface area contributed by atoms with Gasteiger partial charge in [-0.2, -0.15) is 4.98 Å². The van der Waals surface area contributed by atoms with Gasteiger partial charge in [0.05, 0.1) is 6.54 Å². The van der Waals surface area contributed by atoms with Gasteiger partial charge in [-0.1, -0.05) is 47.1 Å². The summed E-state index contributed by atoms with van der Waals surface area (Å²) in [5, 5.41) is 7.10. The van der Waals surface area contributed by atoms with Crippen molar-refractivity contribution in [3.8, 4) is 11.5 Å². The first kappa shape index (κ1) is 19.7. The third kappa shape index (κ3) is 4.31. The molecule has 156 valence electrons. The molecule has 0 atom stereocenters. The average molecular weight is 433 g/mol. The van der Waals surface area contributed by atoms with Crippen LogP contribution in [0, 0.1) is 0 Å².